The van der Waals surface area contributed by atoms with E-state index in [2.05, 4.69) is 10.5 Å². The fourth-order valence-electron chi connectivity index (χ4n) is 1.80. The maximum Gasteiger partial charge on any atom is 0.170 e. The van der Waals surface area contributed by atoms with Crippen LogP contribution in [0.15, 0.2) is 23.4 Å². The normalized spacial score (nSPS) is 13.4. The van der Waals surface area contributed by atoms with E-state index in [1.165, 1.54) is 0 Å². The molecule has 1 atom stereocenters. The molecule has 0 heterocycles. The summed E-state index contributed by atoms with van der Waals surface area (Å²) in [5.41, 5.74) is 7.06. The predicted octanol–water partition coefficient (Wildman–Crippen LogP) is 1.93. The number of aliphatic hydroxyl groups excluding tert-OH is 1. The summed E-state index contributed by atoms with van der Waals surface area (Å²) in [6, 6.07) is 5.31. The molecule has 0 aromatic heterocycles. The quantitative estimate of drug-likeness (QED) is 0.194. The fraction of sp³-hybridized carbons (Fsp3) is 0.500. The van der Waals surface area contributed by atoms with Gasteiger partial charge in [0, 0.05) is 23.7 Å². The van der Waals surface area contributed by atoms with Gasteiger partial charge in [0.05, 0.1) is 0 Å². The molecule has 20 heavy (non-hydrogen) atoms. The lowest BCUT2D eigenvalue weighted by molar-refractivity contribution is 0.228. The van der Waals surface area contributed by atoms with Crippen molar-refractivity contribution in [1.82, 2.24) is 5.32 Å². The summed E-state index contributed by atoms with van der Waals surface area (Å²) < 4.78 is 0. The van der Waals surface area contributed by atoms with E-state index in [1.807, 2.05) is 13.0 Å². The van der Waals surface area contributed by atoms with Gasteiger partial charge in [-0.3, -0.25) is 0 Å². The maximum atomic E-state index is 8.92. The van der Waals surface area contributed by atoms with Gasteiger partial charge in [-0.25, -0.2) is 0 Å². The first-order chi connectivity index (χ1) is 9.58. The molecule has 112 valence electrons. The van der Waals surface area contributed by atoms with Gasteiger partial charge >= 0.3 is 0 Å². The van der Waals surface area contributed by atoms with Crippen molar-refractivity contribution in [2.75, 3.05) is 13.2 Å². The van der Waals surface area contributed by atoms with Crippen LogP contribution in [0.5, 0.6) is 0 Å². The summed E-state index contributed by atoms with van der Waals surface area (Å²) in [6.45, 7) is 3.81. The van der Waals surface area contributed by atoms with Gasteiger partial charge in [0.1, 0.15) is 0 Å². The summed E-state index contributed by atoms with van der Waals surface area (Å²) in [6.07, 6.45) is 2.02. The number of amidine groups is 1. The van der Waals surface area contributed by atoms with Crippen molar-refractivity contribution in [2.45, 2.75) is 26.3 Å². The van der Waals surface area contributed by atoms with Gasteiger partial charge in [0.25, 0.3) is 0 Å². The largest absolute Gasteiger partial charge is 0.409 e. The van der Waals surface area contributed by atoms with Gasteiger partial charge in [-0.2, -0.15) is 0 Å². The zero-order chi connectivity index (χ0) is 15.0. The number of nitrogens with one attached hydrogen (secondary N) is 1. The van der Waals surface area contributed by atoms with Crippen molar-refractivity contribution >= 4 is 17.4 Å². The molecule has 0 saturated carbocycles. The zero-order valence-electron chi connectivity index (χ0n) is 11.6. The van der Waals surface area contributed by atoms with Crippen molar-refractivity contribution in [3.05, 3.63) is 34.3 Å². The molecule has 5 N–H and O–H groups in total. The number of nitrogens with two attached hydrogens (primary N) is 1. The Labute approximate surface area is 124 Å². The highest BCUT2D eigenvalue weighted by molar-refractivity contribution is 6.31. The Morgan fingerprint density at radius 3 is 2.85 bits per heavy atom. The lowest BCUT2D eigenvalue weighted by Crippen LogP contribution is -2.17. The molecule has 0 radical (unpaired) electrons. The zero-order valence-corrected chi connectivity index (χ0v) is 12.4. The highest BCUT2D eigenvalue weighted by atomic mass is 35.5. The van der Waals surface area contributed by atoms with Crippen LogP contribution in [0.1, 0.15) is 30.9 Å². The first-order valence-electron chi connectivity index (χ1n) is 6.66. The molecule has 0 spiro atoms. The molecule has 5 nitrogen and oxygen atoms in total. The number of nitrogens with zero attached hydrogens (tertiary/aromatic N) is 1. The number of hydrogen-bond acceptors (Lipinski definition) is 4. The standard InChI is InChI=1S/C14H22ClN3O2/c1-10(9-19)3-2-6-17-8-12-5-4-11(7-13(12)15)14(16)18-20/h4-5,7,10,17,19-20H,2-3,6,8-9H2,1H3,(H2,16,18). The van der Waals surface area contributed by atoms with E-state index in [9.17, 15) is 0 Å². The van der Waals surface area contributed by atoms with Gasteiger partial charge < -0.3 is 21.4 Å². The second kappa shape index (κ2) is 8.79. The summed E-state index contributed by atoms with van der Waals surface area (Å²) in [4.78, 5) is 0. The average Bonchev–Trinajstić information content (AvgIpc) is 2.47. The van der Waals surface area contributed by atoms with E-state index in [0.717, 1.165) is 24.9 Å². The predicted molar refractivity (Wildman–Crippen MR) is 81.2 cm³/mol. The number of oxime groups is 1. The fourth-order valence-corrected chi connectivity index (χ4v) is 2.04. The van der Waals surface area contributed by atoms with E-state index < -0.39 is 0 Å². The Kier molecular flexibility index (Phi) is 7.36. The molecule has 1 aromatic carbocycles. The van der Waals surface area contributed by atoms with E-state index in [0.29, 0.717) is 23.0 Å². The molecule has 0 saturated heterocycles. The summed E-state index contributed by atoms with van der Waals surface area (Å²) in [5, 5.41) is 24.4. The molecular weight excluding hydrogens is 278 g/mol. The van der Waals surface area contributed by atoms with Crippen LogP contribution in [0, 0.1) is 5.92 Å². The number of aliphatic hydroxyl groups is 1. The number of rotatable bonds is 8. The first kappa shape index (κ1) is 16.8. The summed E-state index contributed by atoms with van der Waals surface area (Å²) in [5.74, 6) is 0.393. The van der Waals surface area contributed by atoms with Crippen molar-refractivity contribution in [1.29, 1.82) is 0 Å². The summed E-state index contributed by atoms with van der Waals surface area (Å²) in [7, 11) is 0. The highest BCUT2D eigenvalue weighted by Crippen LogP contribution is 2.17. The molecule has 0 aliphatic carbocycles. The van der Waals surface area contributed by atoms with Crippen molar-refractivity contribution in [3.8, 4) is 0 Å². The van der Waals surface area contributed by atoms with E-state index >= 15 is 0 Å². The maximum absolute atomic E-state index is 8.92. The molecule has 0 aliphatic heterocycles. The second-order valence-corrected chi connectivity index (χ2v) is 5.31. The van der Waals surface area contributed by atoms with Gasteiger partial charge in [-0.15, -0.1) is 0 Å². The molecule has 0 fully saturated rings. The molecule has 1 rings (SSSR count). The number of benzene rings is 1. The van der Waals surface area contributed by atoms with Crippen LogP contribution < -0.4 is 11.1 Å². The van der Waals surface area contributed by atoms with Crippen LogP contribution in [0.4, 0.5) is 0 Å². The van der Waals surface area contributed by atoms with Crippen molar-refractivity contribution in [2.24, 2.45) is 16.8 Å². The molecule has 0 bridgehead atoms. The van der Waals surface area contributed by atoms with E-state index in [4.69, 9.17) is 27.6 Å². The Morgan fingerprint density at radius 2 is 2.25 bits per heavy atom. The van der Waals surface area contributed by atoms with Gasteiger partial charge in [0.15, 0.2) is 5.84 Å². The van der Waals surface area contributed by atoms with Crippen LogP contribution in [0.25, 0.3) is 0 Å². The van der Waals surface area contributed by atoms with Crippen LogP contribution in [0.2, 0.25) is 5.02 Å². The number of halogens is 1. The number of hydrogen-bond donors (Lipinski definition) is 4. The van der Waals surface area contributed by atoms with Gasteiger partial charge in [-0.1, -0.05) is 35.8 Å². The molecule has 1 unspecified atom stereocenters. The smallest absolute Gasteiger partial charge is 0.170 e. The first-order valence-corrected chi connectivity index (χ1v) is 7.04. The molecule has 1 aromatic rings. The Bertz CT molecular complexity index is 452. The van der Waals surface area contributed by atoms with Gasteiger partial charge in [-0.05, 0) is 36.9 Å². The van der Waals surface area contributed by atoms with Crippen LogP contribution >= 0.6 is 11.6 Å². The van der Waals surface area contributed by atoms with Crippen LogP contribution in [0.3, 0.4) is 0 Å². The molecule has 6 heteroatoms. The van der Waals surface area contributed by atoms with Crippen molar-refractivity contribution < 1.29 is 10.3 Å². The topological polar surface area (TPSA) is 90.9 Å². The SMILES string of the molecule is CC(CO)CCCNCc1ccc(/C(N)=N/O)cc1Cl. The van der Waals surface area contributed by atoms with E-state index in [1.54, 1.807) is 12.1 Å². The monoisotopic (exact) mass is 299 g/mol. The summed E-state index contributed by atoms with van der Waals surface area (Å²) >= 11 is 6.15. The third-order valence-corrected chi connectivity index (χ3v) is 3.49. The highest BCUT2D eigenvalue weighted by Gasteiger charge is 2.05. The lowest BCUT2D eigenvalue weighted by Gasteiger charge is -2.10. The second-order valence-electron chi connectivity index (χ2n) is 4.90. The minimum Gasteiger partial charge on any atom is -0.409 e. The third kappa shape index (κ3) is 5.36. The van der Waals surface area contributed by atoms with E-state index in [-0.39, 0.29) is 12.4 Å². The minimum absolute atomic E-state index is 0.0457. The molecular formula is C14H22ClN3O2. The Morgan fingerprint density at radius 1 is 1.50 bits per heavy atom. The van der Waals surface area contributed by atoms with Crippen LogP contribution in [-0.2, 0) is 6.54 Å². The Balaban J connectivity index is 2.41. The van der Waals surface area contributed by atoms with Crippen molar-refractivity contribution in [3.63, 3.8) is 0 Å². The third-order valence-electron chi connectivity index (χ3n) is 3.13. The van der Waals surface area contributed by atoms with Gasteiger partial charge in [0.2, 0.25) is 0 Å². The van der Waals surface area contributed by atoms with Crippen LogP contribution in [-0.4, -0.2) is 29.3 Å². The molecule has 0 aliphatic rings. The minimum atomic E-state index is 0.0457. The average molecular weight is 300 g/mol. The lowest BCUT2D eigenvalue weighted by atomic mass is 10.1. The Hall–Kier alpha value is -1.30. The molecule has 0 amide bonds.